The molecule has 2 rings (SSSR count). The van der Waals surface area contributed by atoms with Gasteiger partial charge in [-0.25, -0.2) is 4.98 Å². The van der Waals surface area contributed by atoms with Crippen LogP contribution in [0.1, 0.15) is 12.5 Å². The van der Waals surface area contributed by atoms with Crippen LogP contribution in [-0.2, 0) is 6.42 Å². The first-order valence-corrected chi connectivity index (χ1v) is 5.39. The summed E-state index contributed by atoms with van der Waals surface area (Å²) in [5, 5.41) is 0. The number of aryl methyl sites for hydroxylation is 1. The molecule has 0 radical (unpaired) electrons. The predicted octanol–water partition coefficient (Wildman–Crippen LogP) is 2.82. The zero-order chi connectivity index (χ0) is 9.97. The lowest BCUT2D eigenvalue weighted by atomic mass is 10.1. The van der Waals surface area contributed by atoms with Crippen LogP contribution in [0.25, 0.3) is 11.4 Å². The van der Waals surface area contributed by atoms with Crippen molar-refractivity contribution in [2.45, 2.75) is 13.3 Å². The van der Waals surface area contributed by atoms with Gasteiger partial charge in [0, 0.05) is 18.0 Å². The van der Waals surface area contributed by atoms with Gasteiger partial charge in [-0.1, -0.05) is 6.92 Å². The molecule has 0 N–H and O–H groups in total. The second-order valence-corrected chi connectivity index (χ2v) is 4.09. The molecule has 0 spiro atoms. The summed E-state index contributed by atoms with van der Waals surface area (Å²) in [5.41, 5.74) is 2.16. The number of nitrogens with zero attached hydrogens (tertiary/aromatic N) is 3. The van der Waals surface area contributed by atoms with Gasteiger partial charge in [0.1, 0.15) is 0 Å². The Hall–Kier alpha value is -1.00. The zero-order valence-electron chi connectivity index (χ0n) is 7.57. The van der Waals surface area contributed by atoms with E-state index in [0.717, 1.165) is 17.5 Å². The maximum atomic E-state index is 5.74. The first-order chi connectivity index (χ1) is 6.81. The van der Waals surface area contributed by atoms with Crippen molar-refractivity contribution in [3.05, 3.63) is 28.5 Å². The van der Waals surface area contributed by atoms with Crippen molar-refractivity contribution in [2.75, 3.05) is 0 Å². The van der Waals surface area contributed by atoms with Crippen LogP contribution in [0.3, 0.4) is 0 Å². The Morgan fingerprint density at radius 2 is 2.36 bits per heavy atom. The maximum Gasteiger partial charge on any atom is 0.203 e. The van der Waals surface area contributed by atoms with Gasteiger partial charge in [0.15, 0.2) is 5.82 Å². The summed E-state index contributed by atoms with van der Waals surface area (Å²) >= 11 is 6.94. The molecule has 3 nitrogen and oxygen atoms in total. The van der Waals surface area contributed by atoms with Crippen molar-refractivity contribution in [2.24, 2.45) is 0 Å². The summed E-state index contributed by atoms with van der Waals surface area (Å²) in [4.78, 5) is 8.20. The van der Waals surface area contributed by atoms with Crippen LogP contribution < -0.4 is 0 Å². The predicted molar refractivity (Wildman–Crippen MR) is 57.5 cm³/mol. The van der Waals surface area contributed by atoms with E-state index in [1.165, 1.54) is 11.5 Å². The molecule has 0 aliphatic carbocycles. The molecule has 0 saturated heterocycles. The molecular formula is C9H8ClN3S. The van der Waals surface area contributed by atoms with Crippen LogP contribution in [0.15, 0.2) is 18.5 Å². The van der Waals surface area contributed by atoms with Gasteiger partial charge in [0.25, 0.3) is 0 Å². The fraction of sp³-hybridized carbons (Fsp3) is 0.222. The lowest BCUT2D eigenvalue weighted by Crippen LogP contribution is -1.90. The second-order valence-electron chi connectivity index (χ2n) is 2.76. The third kappa shape index (κ3) is 1.76. The van der Waals surface area contributed by atoms with E-state index in [1.807, 2.05) is 12.3 Å². The second kappa shape index (κ2) is 4.02. The third-order valence-electron chi connectivity index (χ3n) is 1.93. The van der Waals surface area contributed by atoms with Crippen LogP contribution in [0, 0.1) is 0 Å². The number of aromatic nitrogens is 3. The van der Waals surface area contributed by atoms with Gasteiger partial charge in [0.05, 0.1) is 0 Å². The normalized spacial score (nSPS) is 10.4. The van der Waals surface area contributed by atoms with Crippen LogP contribution in [0.4, 0.5) is 0 Å². The van der Waals surface area contributed by atoms with E-state index in [2.05, 4.69) is 21.3 Å². The lowest BCUT2D eigenvalue weighted by Gasteiger charge is -2.01. The molecule has 72 valence electrons. The van der Waals surface area contributed by atoms with Gasteiger partial charge >= 0.3 is 0 Å². The molecular weight excluding hydrogens is 218 g/mol. The Kier molecular flexibility index (Phi) is 2.74. The molecule has 0 amide bonds. The molecule has 5 heteroatoms. The maximum absolute atomic E-state index is 5.74. The van der Waals surface area contributed by atoms with Crippen LogP contribution in [-0.4, -0.2) is 14.3 Å². The summed E-state index contributed by atoms with van der Waals surface area (Å²) in [6.45, 7) is 2.08. The highest BCUT2D eigenvalue weighted by Gasteiger charge is 2.08. The molecule has 0 bridgehead atoms. The highest BCUT2D eigenvalue weighted by molar-refractivity contribution is 7.10. The Labute approximate surface area is 91.0 Å². The highest BCUT2D eigenvalue weighted by atomic mass is 35.5. The van der Waals surface area contributed by atoms with Gasteiger partial charge in [0.2, 0.25) is 4.47 Å². The van der Waals surface area contributed by atoms with Crippen molar-refractivity contribution in [3.8, 4) is 11.4 Å². The smallest absolute Gasteiger partial charge is 0.203 e. The van der Waals surface area contributed by atoms with E-state index in [1.54, 1.807) is 6.20 Å². The van der Waals surface area contributed by atoms with Crippen molar-refractivity contribution < 1.29 is 0 Å². The zero-order valence-corrected chi connectivity index (χ0v) is 9.14. The van der Waals surface area contributed by atoms with Gasteiger partial charge in [-0.15, -0.1) is 0 Å². The van der Waals surface area contributed by atoms with E-state index in [-0.39, 0.29) is 0 Å². The minimum absolute atomic E-state index is 0.471. The van der Waals surface area contributed by atoms with E-state index in [9.17, 15) is 0 Å². The Bertz CT molecular complexity index is 441. The summed E-state index contributed by atoms with van der Waals surface area (Å²) in [6, 6.07) is 1.91. The molecule has 0 saturated carbocycles. The average Bonchev–Trinajstić information content (AvgIpc) is 2.65. The molecule has 2 aromatic rings. The van der Waals surface area contributed by atoms with Crippen molar-refractivity contribution in [1.82, 2.24) is 14.3 Å². The molecule has 2 aromatic heterocycles. The van der Waals surface area contributed by atoms with E-state index < -0.39 is 0 Å². The van der Waals surface area contributed by atoms with Crippen LogP contribution in [0.5, 0.6) is 0 Å². The Balaban J connectivity index is 2.50. The molecule has 0 aliphatic rings. The van der Waals surface area contributed by atoms with Gasteiger partial charge in [-0.05, 0) is 41.2 Å². The van der Waals surface area contributed by atoms with Gasteiger partial charge < -0.3 is 0 Å². The highest BCUT2D eigenvalue weighted by Crippen LogP contribution is 2.23. The van der Waals surface area contributed by atoms with Crippen molar-refractivity contribution >= 4 is 23.1 Å². The fourth-order valence-corrected chi connectivity index (χ4v) is 1.85. The monoisotopic (exact) mass is 225 g/mol. The van der Waals surface area contributed by atoms with Crippen molar-refractivity contribution in [1.29, 1.82) is 0 Å². The number of hydrogen-bond donors (Lipinski definition) is 0. The molecule has 0 aliphatic heterocycles. The van der Waals surface area contributed by atoms with Crippen molar-refractivity contribution in [3.63, 3.8) is 0 Å². The first-order valence-electron chi connectivity index (χ1n) is 4.23. The number of rotatable bonds is 2. The molecule has 0 atom stereocenters. The van der Waals surface area contributed by atoms with E-state index in [0.29, 0.717) is 10.3 Å². The average molecular weight is 226 g/mol. The molecule has 0 fully saturated rings. The summed E-state index contributed by atoms with van der Waals surface area (Å²) in [5.74, 6) is 0.694. The number of pyridine rings is 1. The van der Waals surface area contributed by atoms with Crippen LogP contribution in [0.2, 0.25) is 4.47 Å². The van der Waals surface area contributed by atoms with Gasteiger partial charge in [-0.2, -0.15) is 4.37 Å². The van der Waals surface area contributed by atoms with E-state index >= 15 is 0 Å². The fourth-order valence-electron chi connectivity index (χ4n) is 1.24. The molecule has 14 heavy (non-hydrogen) atoms. The number of hydrogen-bond acceptors (Lipinski definition) is 4. The van der Waals surface area contributed by atoms with Gasteiger partial charge in [-0.3, -0.25) is 4.98 Å². The summed E-state index contributed by atoms with van der Waals surface area (Å²) in [7, 11) is 0. The Morgan fingerprint density at radius 1 is 1.50 bits per heavy atom. The number of halogens is 1. The first kappa shape index (κ1) is 9.55. The minimum Gasteiger partial charge on any atom is -0.264 e. The summed E-state index contributed by atoms with van der Waals surface area (Å²) < 4.78 is 4.64. The Morgan fingerprint density at radius 3 is 3.00 bits per heavy atom. The minimum atomic E-state index is 0.471. The largest absolute Gasteiger partial charge is 0.264 e. The van der Waals surface area contributed by atoms with Crippen LogP contribution >= 0.6 is 23.1 Å². The molecule has 0 aromatic carbocycles. The topological polar surface area (TPSA) is 38.7 Å². The molecule has 2 heterocycles. The van der Waals surface area contributed by atoms with E-state index in [4.69, 9.17) is 11.6 Å². The third-order valence-corrected chi connectivity index (χ3v) is 2.72. The molecule has 0 unspecified atom stereocenters. The SMILES string of the molecule is CCc1cnccc1-c1nsc(Cl)n1. The summed E-state index contributed by atoms with van der Waals surface area (Å²) in [6.07, 6.45) is 4.49. The standard InChI is InChI=1S/C9H8ClN3S/c1-2-6-5-11-4-3-7(6)8-12-9(10)14-13-8/h3-5H,2H2,1H3. The quantitative estimate of drug-likeness (QED) is 0.789. The lowest BCUT2D eigenvalue weighted by molar-refractivity contribution is 1.10.